The van der Waals surface area contributed by atoms with Crippen molar-refractivity contribution in [3.63, 3.8) is 0 Å². The molecule has 2 heterocycles. The molecule has 1 fully saturated rings. The Hall–Kier alpha value is -3.77. The van der Waals surface area contributed by atoms with E-state index in [1.165, 1.54) is 26.0 Å². The van der Waals surface area contributed by atoms with E-state index in [1.807, 2.05) is 32.6 Å². The molecule has 0 spiro atoms. The van der Waals surface area contributed by atoms with Gasteiger partial charge in [0.2, 0.25) is 5.91 Å². The predicted molar refractivity (Wildman–Crippen MR) is 175 cm³/mol. The monoisotopic (exact) mass is 692 g/mol. The number of hydrogen-bond acceptors (Lipinski definition) is 5. The molecule has 13 heteroatoms. The van der Waals surface area contributed by atoms with Crippen LogP contribution in [0.15, 0.2) is 35.3 Å². The van der Waals surface area contributed by atoms with Crippen molar-refractivity contribution in [2.24, 2.45) is 5.92 Å². The van der Waals surface area contributed by atoms with Crippen LogP contribution in [0.2, 0.25) is 5.02 Å². The van der Waals surface area contributed by atoms with Gasteiger partial charge in [0.15, 0.2) is 0 Å². The van der Waals surface area contributed by atoms with Gasteiger partial charge in [0, 0.05) is 42.5 Å². The summed E-state index contributed by atoms with van der Waals surface area (Å²) >= 11 is 6.19. The Morgan fingerprint density at radius 3 is 2.35 bits per heavy atom. The summed E-state index contributed by atoms with van der Waals surface area (Å²) < 4.78 is 62.0. The van der Waals surface area contributed by atoms with Gasteiger partial charge in [0.05, 0.1) is 23.2 Å². The third-order valence-corrected chi connectivity index (χ3v) is 8.75. The molecule has 2 aromatic carbocycles. The second-order valence-corrected chi connectivity index (χ2v) is 14.0. The number of aromatic nitrogens is 2. The second kappa shape index (κ2) is 14.8. The molecule has 8 nitrogen and oxygen atoms in total. The highest BCUT2D eigenvalue weighted by Gasteiger charge is 2.38. The zero-order chi connectivity index (χ0) is 35.7. The van der Waals surface area contributed by atoms with E-state index in [0.717, 1.165) is 16.7 Å². The largest absolute Gasteiger partial charge is 0.481 e. The lowest BCUT2D eigenvalue weighted by Crippen LogP contribution is -2.57. The number of benzene rings is 2. The fourth-order valence-corrected chi connectivity index (χ4v) is 6.53. The van der Waals surface area contributed by atoms with Crippen LogP contribution in [0.3, 0.4) is 0 Å². The maximum absolute atomic E-state index is 16.2. The van der Waals surface area contributed by atoms with E-state index in [9.17, 15) is 28.3 Å². The Morgan fingerprint density at radius 1 is 1.12 bits per heavy atom. The number of alkyl halides is 1. The second-order valence-electron chi connectivity index (χ2n) is 13.6. The van der Waals surface area contributed by atoms with Gasteiger partial charge in [0.1, 0.15) is 29.2 Å². The number of nitrogens with one attached hydrogen (secondary N) is 1. The SMILES string of the molecule is Cc1cc(-c2c(F)cccc2Cl)c(F)c([C@H](CC(=O)O)NC(=O)[C@H](CC(C)C)n2cc(CCN3CC(C)(F)C3)c(C(C)C)nc2=O)c1F. The molecule has 48 heavy (non-hydrogen) atoms. The molecular formula is C35H41ClF4N4O4. The van der Waals surface area contributed by atoms with Crippen molar-refractivity contribution in [3.05, 3.63) is 85.8 Å². The number of carbonyl (C=O) groups excluding carboxylic acids is 1. The number of carboxylic acid groups (broad SMARTS) is 1. The third kappa shape index (κ3) is 8.26. The molecule has 1 aliphatic rings. The minimum absolute atomic E-state index is 0.106. The summed E-state index contributed by atoms with van der Waals surface area (Å²) in [4.78, 5) is 45.6. The van der Waals surface area contributed by atoms with Crippen molar-refractivity contribution in [3.8, 4) is 11.1 Å². The average Bonchev–Trinajstić information content (AvgIpc) is 2.96. The van der Waals surface area contributed by atoms with Crippen LogP contribution in [0.1, 0.15) is 87.8 Å². The van der Waals surface area contributed by atoms with E-state index in [2.05, 4.69) is 10.3 Å². The number of nitrogens with zero attached hydrogens (tertiary/aromatic N) is 3. The van der Waals surface area contributed by atoms with Gasteiger partial charge in [0.25, 0.3) is 0 Å². The molecule has 0 bridgehead atoms. The Labute approximate surface area is 282 Å². The van der Waals surface area contributed by atoms with Crippen LogP contribution >= 0.6 is 11.6 Å². The minimum atomic E-state index is -1.74. The number of amides is 1. The first kappa shape index (κ1) is 37.1. The van der Waals surface area contributed by atoms with Crippen LogP contribution in [-0.4, -0.2) is 56.7 Å². The Balaban J connectivity index is 1.77. The van der Waals surface area contributed by atoms with E-state index in [0.29, 0.717) is 24.2 Å². The Morgan fingerprint density at radius 2 is 1.79 bits per heavy atom. The molecule has 2 N–H and O–H groups in total. The fourth-order valence-electron chi connectivity index (χ4n) is 6.26. The molecule has 2 atom stereocenters. The van der Waals surface area contributed by atoms with E-state index >= 15 is 8.78 Å². The fraction of sp³-hybridized carbons (Fsp3) is 0.486. The first-order chi connectivity index (χ1) is 22.4. The van der Waals surface area contributed by atoms with E-state index in [4.69, 9.17) is 11.6 Å². The molecular weight excluding hydrogens is 652 g/mol. The van der Waals surface area contributed by atoms with Gasteiger partial charge in [-0.05, 0) is 67.9 Å². The molecule has 1 saturated heterocycles. The van der Waals surface area contributed by atoms with Crippen LogP contribution in [0.25, 0.3) is 11.1 Å². The van der Waals surface area contributed by atoms with Crippen LogP contribution in [-0.2, 0) is 16.0 Å². The van der Waals surface area contributed by atoms with Crippen LogP contribution in [0.4, 0.5) is 17.6 Å². The van der Waals surface area contributed by atoms with Crippen molar-refractivity contribution in [2.45, 2.75) is 84.5 Å². The number of carboxylic acids is 1. The molecule has 1 aromatic heterocycles. The zero-order valence-corrected chi connectivity index (χ0v) is 28.6. The summed E-state index contributed by atoms with van der Waals surface area (Å²) in [5, 5.41) is 12.1. The number of likely N-dealkylation sites (tertiary alicyclic amines) is 1. The Bertz CT molecular complexity index is 1730. The molecule has 1 aliphatic heterocycles. The Kier molecular flexibility index (Phi) is 11.4. The summed E-state index contributed by atoms with van der Waals surface area (Å²) in [5.41, 5.74) is -2.42. The number of halogens is 5. The quantitative estimate of drug-likeness (QED) is 0.189. The minimum Gasteiger partial charge on any atom is -0.481 e. The first-order valence-electron chi connectivity index (χ1n) is 15.9. The lowest BCUT2D eigenvalue weighted by atomic mass is 9.92. The topological polar surface area (TPSA) is 105 Å². The van der Waals surface area contributed by atoms with Crippen LogP contribution in [0.5, 0.6) is 0 Å². The standard InChI is InChI=1S/C35H41ClF4N4O4/c1-18(2)12-26(44-15-21(32(19(3)4)42-34(44)48)10-11-43-16-35(6,40)17-43)33(47)41-25(14-27(45)46)29-30(38)20(5)13-22(31(29)39)28-23(36)8-7-9-24(28)37/h7-9,13,15,18-19,25-26H,10-12,14,16-17H2,1-6H3,(H,41,47)(H,45,46)/t25-,26-/m0/s1. The summed E-state index contributed by atoms with van der Waals surface area (Å²) in [6.07, 6.45) is 1.16. The number of aryl methyl sites for hydroxylation is 1. The molecule has 0 saturated carbocycles. The summed E-state index contributed by atoms with van der Waals surface area (Å²) in [7, 11) is 0. The molecule has 4 rings (SSSR count). The van der Waals surface area contributed by atoms with Crippen molar-refractivity contribution in [2.75, 3.05) is 19.6 Å². The average molecular weight is 693 g/mol. The molecule has 3 aromatic rings. The van der Waals surface area contributed by atoms with Crippen molar-refractivity contribution in [1.82, 2.24) is 19.8 Å². The van der Waals surface area contributed by atoms with Gasteiger partial charge >= 0.3 is 11.7 Å². The first-order valence-corrected chi connectivity index (χ1v) is 16.3. The highest BCUT2D eigenvalue weighted by molar-refractivity contribution is 6.33. The molecule has 0 unspecified atom stereocenters. The maximum Gasteiger partial charge on any atom is 0.348 e. The molecule has 1 amide bonds. The number of rotatable bonds is 13. The predicted octanol–water partition coefficient (Wildman–Crippen LogP) is 6.92. The number of carbonyl (C=O) groups is 2. The van der Waals surface area contributed by atoms with Crippen molar-refractivity contribution >= 4 is 23.5 Å². The van der Waals surface area contributed by atoms with Gasteiger partial charge in [-0.15, -0.1) is 0 Å². The maximum atomic E-state index is 16.2. The van der Waals surface area contributed by atoms with Gasteiger partial charge in [-0.2, -0.15) is 4.98 Å². The molecule has 0 aliphatic carbocycles. The van der Waals surface area contributed by atoms with Crippen LogP contribution < -0.4 is 11.0 Å². The lowest BCUT2D eigenvalue weighted by Gasteiger charge is -2.42. The summed E-state index contributed by atoms with van der Waals surface area (Å²) in [6.45, 7) is 11.3. The summed E-state index contributed by atoms with van der Waals surface area (Å²) in [6, 6.07) is 1.80. The molecule has 0 radical (unpaired) electrons. The number of aliphatic carboxylic acids is 1. The smallest absolute Gasteiger partial charge is 0.348 e. The van der Waals surface area contributed by atoms with Gasteiger partial charge in [-0.3, -0.25) is 19.1 Å². The molecule has 260 valence electrons. The van der Waals surface area contributed by atoms with Gasteiger partial charge < -0.3 is 10.4 Å². The highest BCUT2D eigenvalue weighted by Crippen LogP contribution is 2.38. The van der Waals surface area contributed by atoms with E-state index in [-0.39, 0.29) is 47.5 Å². The normalized spacial score (nSPS) is 15.8. The van der Waals surface area contributed by atoms with Gasteiger partial charge in [-0.1, -0.05) is 45.4 Å². The number of hydrogen-bond donors (Lipinski definition) is 2. The van der Waals surface area contributed by atoms with E-state index < -0.39 is 70.3 Å². The lowest BCUT2D eigenvalue weighted by molar-refractivity contribution is -0.138. The highest BCUT2D eigenvalue weighted by atomic mass is 35.5. The van der Waals surface area contributed by atoms with Crippen molar-refractivity contribution < 1.29 is 32.3 Å². The summed E-state index contributed by atoms with van der Waals surface area (Å²) in [5.74, 6) is -5.89. The van der Waals surface area contributed by atoms with E-state index in [1.54, 1.807) is 6.20 Å². The van der Waals surface area contributed by atoms with Crippen LogP contribution in [0, 0.1) is 30.3 Å². The third-order valence-electron chi connectivity index (χ3n) is 8.44. The van der Waals surface area contributed by atoms with Crippen molar-refractivity contribution in [1.29, 1.82) is 0 Å². The van der Waals surface area contributed by atoms with Gasteiger partial charge in [-0.25, -0.2) is 22.4 Å². The zero-order valence-electron chi connectivity index (χ0n) is 27.8.